The fourth-order valence-electron chi connectivity index (χ4n) is 2.83. The largest absolute Gasteiger partial charge is 0.496 e. The van der Waals surface area contributed by atoms with E-state index in [1.165, 1.54) is 18.7 Å². The molecule has 0 aliphatic rings. The summed E-state index contributed by atoms with van der Waals surface area (Å²) in [5, 5.41) is 5.17. The molecule has 0 aromatic heterocycles. The van der Waals surface area contributed by atoms with Gasteiger partial charge in [0, 0.05) is 22.6 Å². The SMILES string of the molecule is COc1ccc(C(C)=O)cc1CSCC(=O)Nc1ccc2ccccc2c1. The number of rotatable bonds is 7. The highest BCUT2D eigenvalue weighted by molar-refractivity contribution is 7.99. The molecule has 0 bridgehead atoms. The summed E-state index contributed by atoms with van der Waals surface area (Å²) in [6.07, 6.45) is 0. The lowest BCUT2D eigenvalue weighted by Gasteiger charge is -2.10. The van der Waals surface area contributed by atoms with E-state index in [-0.39, 0.29) is 11.7 Å². The average molecular weight is 379 g/mol. The van der Waals surface area contributed by atoms with Gasteiger partial charge in [-0.2, -0.15) is 0 Å². The van der Waals surface area contributed by atoms with Gasteiger partial charge < -0.3 is 10.1 Å². The zero-order valence-corrected chi connectivity index (χ0v) is 16.1. The van der Waals surface area contributed by atoms with Gasteiger partial charge in [-0.25, -0.2) is 0 Å². The second-order valence-electron chi connectivity index (χ2n) is 6.19. The molecule has 0 spiro atoms. The highest BCUT2D eigenvalue weighted by atomic mass is 32.2. The Kier molecular flexibility index (Phi) is 6.14. The van der Waals surface area contributed by atoms with Crippen LogP contribution in [0.1, 0.15) is 22.8 Å². The molecule has 0 radical (unpaired) electrons. The summed E-state index contributed by atoms with van der Waals surface area (Å²) in [6, 6.07) is 19.3. The number of benzene rings is 3. The zero-order valence-electron chi connectivity index (χ0n) is 15.3. The van der Waals surface area contributed by atoms with Crippen molar-refractivity contribution in [2.24, 2.45) is 0 Å². The van der Waals surface area contributed by atoms with Gasteiger partial charge in [0.05, 0.1) is 12.9 Å². The predicted molar refractivity (Wildman–Crippen MR) is 112 cm³/mol. The minimum Gasteiger partial charge on any atom is -0.496 e. The Labute approximate surface area is 162 Å². The van der Waals surface area contributed by atoms with Crippen molar-refractivity contribution >= 4 is 39.9 Å². The maximum Gasteiger partial charge on any atom is 0.234 e. The van der Waals surface area contributed by atoms with Crippen molar-refractivity contribution in [3.05, 3.63) is 71.8 Å². The van der Waals surface area contributed by atoms with Gasteiger partial charge in [0.1, 0.15) is 5.75 Å². The minimum absolute atomic E-state index is 0.0120. The van der Waals surface area contributed by atoms with Gasteiger partial charge in [0.25, 0.3) is 0 Å². The molecule has 0 aliphatic carbocycles. The van der Waals surface area contributed by atoms with Crippen molar-refractivity contribution in [2.45, 2.75) is 12.7 Å². The molecule has 1 N–H and O–H groups in total. The smallest absolute Gasteiger partial charge is 0.234 e. The normalized spacial score (nSPS) is 10.6. The lowest BCUT2D eigenvalue weighted by molar-refractivity contribution is -0.113. The quantitative estimate of drug-likeness (QED) is 0.592. The summed E-state index contributed by atoms with van der Waals surface area (Å²) in [6.45, 7) is 1.54. The van der Waals surface area contributed by atoms with E-state index in [4.69, 9.17) is 4.74 Å². The third-order valence-corrected chi connectivity index (χ3v) is 5.19. The van der Waals surface area contributed by atoms with Gasteiger partial charge in [0.15, 0.2) is 5.78 Å². The predicted octanol–water partition coefficient (Wildman–Crippen LogP) is 4.92. The Bertz CT molecular complexity index is 984. The summed E-state index contributed by atoms with van der Waals surface area (Å²) < 4.78 is 5.35. The Morgan fingerprint density at radius 2 is 1.78 bits per heavy atom. The van der Waals surface area contributed by atoms with E-state index in [9.17, 15) is 9.59 Å². The van der Waals surface area contributed by atoms with Crippen LogP contribution < -0.4 is 10.1 Å². The van der Waals surface area contributed by atoms with Gasteiger partial charge in [-0.15, -0.1) is 11.8 Å². The zero-order chi connectivity index (χ0) is 19.2. The van der Waals surface area contributed by atoms with Crippen LogP contribution in [0.3, 0.4) is 0 Å². The Hall–Kier alpha value is -2.79. The molecule has 3 aromatic rings. The number of ketones is 1. The van der Waals surface area contributed by atoms with Gasteiger partial charge in [-0.3, -0.25) is 9.59 Å². The van der Waals surface area contributed by atoms with Crippen LogP contribution in [-0.2, 0) is 10.5 Å². The second kappa shape index (κ2) is 8.73. The van der Waals surface area contributed by atoms with Crippen LogP contribution in [0, 0.1) is 0 Å². The Balaban J connectivity index is 1.59. The molecule has 0 saturated heterocycles. The molecule has 4 nitrogen and oxygen atoms in total. The van der Waals surface area contributed by atoms with Crippen molar-refractivity contribution in [1.29, 1.82) is 0 Å². The van der Waals surface area contributed by atoms with Gasteiger partial charge in [0.2, 0.25) is 5.91 Å². The summed E-state index contributed by atoms with van der Waals surface area (Å²) in [4.78, 5) is 23.8. The molecule has 3 rings (SSSR count). The first-order valence-corrected chi connectivity index (χ1v) is 9.76. The maximum atomic E-state index is 12.3. The van der Waals surface area contributed by atoms with Gasteiger partial charge in [-0.1, -0.05) is 30.3 Å². The van der Waals surface area contributed by atoms with E-state index >= 15 is 0 Å². The fourth-order valence-corrected chi connectivity index (χ4v) is 3.63. The molecular weight excluding hydrogens is 358 g/mol. The molecule has 3 aromatic carbocycles. The van der Waals surface area contributed by atoms with Crippen LogP contribution in [0.4, 0.5) is 5.69 Å². The van der Waals surface area contributed by atoms with Crippen LogP contribution in [0.25, 0.3) is 10.8 Å². The third kappa shape index (κ3) is 4.89. The van der Waals surface area contributed by atoms with Crippen molar-refractivity contribution in [2.75, 3.05) is 18.2 Å². The minimum atomic E-state index is -0.0584. The van der Waals surface area contributed by atoms with E-state index in [0.717, 1.165) is 27.8 Å². The van der Waals surface area contributed by atoms with E-state index in [2.05, 4.69) is 5.32 Å². The van der Waals surface area contributed by atoms with Gasteiger partial charge in [-0.05, 0) is 48.0 Å². The molecule has 0 unspecified atom stereocenters. The molecule has 138 valence electrons. The summed E-state index contributed by atoms with van der Waals surface area (Å²) in [7, 11) is 1.60. The molecule has 0 saturated carbocycles. The molecule has 27 heavy (non-hydrogen) atoms. The number of carbonyl (C=O) groups excluding carboxylic acids is 2. The number of hydrogen-bond acceptors (Lipinski definition) is 4. The Morgan fingerprint density at radius 1 is 1.00 bits per heavy atom. The Morgan fingerprint density at radius 3 is 2.52 bits per heavy atom. The number of thioether (sulfide) groups is 1. The molecule has 0 aliphatic heterocycles. The first-order chi connectivity index (χ1) is 13.1. The monoisotopic (exact) mass is 379 g/mol. The fraction of sp³-hybridized carbons (Fsp3) is 0.182. The lowest BCUT2D eigenvalue weighted by atomic mass is 10.1. The number of hydrogen-bond donors (Lipinski definition) is 1. The highest BCUT2D eigenvalue weighted by Crippen LogP contribution is 2.25. The number of nitrogens with one attached hydrogen (secondary N) is 1. The number of carbonyl (C=O) groups is 2. The maximum absolute atomic E-state index is 12.3. The van der Waals surface area contributed by atoms with E-state index < -0.39 is 0 Å². The van der Waals surface area contributed by atoms with Crippen molar-refractivity contribution < 1.29 is 14.3 Å². The summed E-state index contributed by atoms with van der Waals surface area (Å²) >= 11 is 1.48. The van der Waals surface area contributed by atoms with Crippen LogP contribution >= 0.6 is 11.8 Å². The van der Waals surface area contributed by atoms with Gasteiger partial charge >= 0.3 is 0 Å². The standard InChI is InChI=1S/C22H21NO3S/c1-15(24)17-8-10-21(26-2)19(11-17)13-27-14-22(25)23-20-9-7-16-5-3-4-6-18(16)12-20/h3-12H,13-14H2,1-2H3,(H,23,25). The van der Waals surface area contributed by atoms with E-state index in [1.807, 2.05) is 48.5 Å². The summed E-state index contributed by atoms with van der Waals surface area (Å²) in [5.74, 6) is 1.59. The highest BCUT2D eigenvalue weighted by Gasteiger charge is 2.09. The molecule has 5 heteroatoms. The number of Topliss-reactive ketones (excluding diaryl/α,β-unsaturated/α-hetero) is 1. The van der Waals surface area contributed by atoms with Crippen LogP contribution in [0.2, 0.25) is 0 Å². The van der Waals surface area contributed by atoms with E-state index in [0.29, 0.717) is 17.1 Å². The van der Waals surface area contributed by atoms with Crippen LogP contribution in [0.15, 0.2) is 60.7 Å². The molecular formula is C22H21NO3S. The second-order valence-corrected chi connectivity index (χ2v) is 7.17. The van der Waals surface area contributed by atoms with Crippen LogP contribution in [0.5, 0.6) is 5.75 Å². The number of ether oxygens (including phenoxy) is 1. The topological polar surface area (TPSA) is 55.4 Å². The van der Waals surface area contributed by atoms with E-state index in [1.54, 1.807) is 19.2 Å². The number of anilines is 1. The van der Waals surface area contributed by atoms with Crippen molar-refractivity contribution in [3.8, 4) is 5.75 Å². The number of methoxy groups -OCH3 is 1. The lowest BCUT2D eigenvalue weighted by Crippen LogP contribution is -2.14. The molecule has 0 fully saturated rings. The summed E-state index contributed by atoms with van der Waals surface area (Å²) in [5.41, 5.74) is 2.34. The third-order valence-electron chi connectivity index (χ3n) is 4.21. The molecule has 1 amide bonds. The first kappa shape index (κ1) is 19.0. The average Bonchev–Trinajstić information content (AvgIpc) is 2.67. The number of fused-ring (bicyclic) bond motifs is 1. The first-order valence-electron chi connectivity index (χ1n) is 8.61. The van der Waals surface area contributed by atoms with Crippen molar-refractivity contribution in [3.63, 3.8) is 0 Å². The number of amides is 1. The molecule has 0 heterocycles. The molecule has 0 atom stereocenters. The van der Waals surface area contributed by atoms with Crippen LogP contribution in [-0.4, -0.2) is 24.6 Å². The van der Waals surface area contributed by atoms with Crippen molar-refractivity contribution in [1.82, 2.24) is 0 Å².